The molecule has 1 heterocycles. The van der Waals surface area contributed by atoms with Crippen LogP contribution in [0.5, 0.6) is 0 Å². The van der Waals surface area contributed by atoms with Gasteiger partial charge in [0, 0.05) is 10.6 Å². The highest BCUT2D eigenvalue weighted by molar-refractivity contribution is 6.45. The van der Waals surface area contributed by atoms with E-state index in [4.69, 9.17) is 40.1 Å². The summed E-state index contributed by atoms with van der Waals surface area (Å²) in [4.78, 5) is 3.75. The average Bonchev–Trinajstić information content (AvgIpc) is 2.33. The topological polar surface area (TPSA) is 36.7 Å². The van der Waals surface area contributed by atoms with Crippen molar-refractivity contribution in [1.29, 1.82) is 5.26 Å². The van der Waals surface area contributed by atoms with Gasteiger partial charge in [0.2, 0.25) is 5.95 Å². The second-order valence-electron chi connectivity index (χ2n) is 3.77. The Balaban J connectivity index is 2.62. The minimum Gasteiger partial charge on any atom is -0.220 e. The monoisotopic (exact) mass is 314 g/mol. The summed E-state index contributed by atoms with van der Waals surface area (Å²) in [6, 6.07) is 7.77. The van der Waals surface area contributed by atoms with Crippen LogP contribution < -0.4 is 0 Å². The van der Waals surface area contributed by atoms with Gasteiger partial charge < -0.3 is 0 Å². The summed E-state index contributed by atoms with van der Waals surface area (Å²) in [5.41, 5.74) is 1.23. The second-order valence-corrected chi connectivity index (χ2v) is 4.99. The van der Waals surface area contributed by atoms with E-state index in [2.05, 4.69) is 4.98 Å². The summed E-state index contributed by atoms with van der Waals surface area (Å²) < 4.78 is 13.4. The fraction of sp³-hybridized carbons (Fsp3) is 0.0769. The highest BCUT2D eigenvalue weighted by Gasteiger charge is 2.12. The van der Waals surface area contributed by atoms with Crippen molar-refractivity contribution >= 4 is 34.8 Å². The zero-order valence-electron chi connectivity index (χ0n) is 9.42. The molecule has 1 aromatic heterocycles. The van der Waals surface area contributed by atoms with Crippen LogP contribution in [0.4, 0.5) is 4.39 Å². The maximum Gasteiger partial charge on any atom is 0.213 e. The molecule has 0 aliphatic heterocycles. The van der Waals surface area contributed by atoms with E-state index >= 15 is 0 Å². The fourth-order valence-electron chi connectivity index (χ4n) is 1.62. The van der Waals surface area contributed by atoms with Crippen molar-refractivity contribution in [2.24, 2.45) is 0 Å². The molecule has 0 bridgehead atoms. The molecular weight excluding hydrogens is 310 g/mol. The largest absolute Gasteiger partial charge is 0.220 e. The minimum atomic E-state index is -0.685. The SMILES string of the molecule is N#CCc1cc(F)nc(-c2cc(Cl)cc(Cl)c2Cl)c1. The third-order valence-electron chi connectivity index (χ3n) is 2.41. The zero-order chi connectivity index (χ0) is 14.0. The third kappa shape index (κ3) is 3.16. The van der Waals surface area contributed by atoms with Crippen LogP contribution in [0.3, 0.4) is 0 Å². The highest BCUT2D eigenvalue weighted by atomic mass is 35.5. The van der Waals surface area contributed by atoms with Gasteiger partial charge in [-0.1, -0.05) is 34.8 Å². The van der Waals surface area contributed by atoms with Crippen LogP contribution in [0.2, 0.25) is 15.1 Å². The Morgan fingerprint density at radius 2 is 1.89 bits per heavy atom. The molecule has 0 fully saturated rings. The maximum atomic E-state index is 13.4. The van der Waals surface area contributed by atoms with E-state index in [0.717, 1.165) is 0 Å². The van der Waals surface area contributed by atoms with Gasteiger partial charge in [-0.2, -0.15) is 9.65 Å². The quantitative estimate of drug-likeness (QED) is 0.583. The summed E-state index contributed by atoms with van der Waals surface area (Å²) >= 11 is 17.9. The Morgan fingerprint density at radius 3 is 2.58 bits per heavy atom. The van der Waals surface area contributed by atoms with Crippen molar-refractivity contribution in [2.45, 2.75) is 6.42 Å². The molecule has 19 heavy (non-hydrogen) atoms. The number of rotatable bonds is 2. The van der Waals surface area contributed by atoms with E-state index in [-0.39, 0.29) is 16.5 Å². The molecule has 0 saturated carbocycles. The molecular formula is C13H6Cl3FN2. The van der Waals surface area contributed by atoms with E-state index in [1.165, 1.54) is 12.1 Å². The Kier molecular flexibility index (Phi) is 4.26. The van der Waals surface area contributed by atoms with Crippen molar-refractivity contribution in [1.82, 2.24) is 4.98 Å². The van der Waals surface area contributed by atoms with E-state index in [9.17, 15) is 4.39 Å². The van der Waals surface area contributed by atoms with E-state index in [1.807, 2.05) is 6.07 Å². The number of hydrogen-bond donors (Lipinski definition) is 0. The average molecular weight is 316 g/mol. The number of nitrogens with zero attached hydrogens (tertiary/aromatic N) is 2. The van der Waals surface area contributed by atoms with Gasteiger partial charge in [-0.3, -0.25) is 0 Å². The predicted molar refractivity (Wildman–Crippen MR) is 74.0 cm³/mol. The fourth-order valence-corrected chi connectivity index (χ4v) is 2.32. The smallest absolute Gasteiger partial charge is 0.213 e. The number of benzene rings is 1. The van der Waals surface area contributed by atoms with Crippen LogP contribution in [0.1, 0.15) is 5.56 Å². The number of hydrogen-bond acceptors (Lipinski definition) is 2. The molecule has 0 atom stereocenters. The molecule has 1 aromatic carbocycles. The summed E-state index contributed by atoms with van der Waals surface area (Å²) in [5, 5.41) is 9.53. The van der Waals surface area contributed by atoms with E-state index < -0.39 is 5.95 Å². The second kappa shape index (κ2) is 5.75. The van der Waals surface area contributed by atoms with Gasteiger partial charge in [-0.15, -0.1) is 0 Å². The lowest BCUT2D eigenvalue weighted by Gasteiger charge is -2.08. The molecule has 2 nitrogen and oxygen atoms in total. The van der Waals surface area contributed by atoms with Crippen LogP contribution in [-0.4, -0.2) is 4.98 Å². The van der Waals surface area contributed by atoms with Crippen molar-refractivity contribution in [3.63, 3.8) is 0 Å². The molecule has 0 amide bonds. The Morgan fingerprint density at radius 1 is 1.16 bits per heavy atom. The number of halogens is 4. The molecule has 0 N–H and O–H groups in total. The van der Waals surface area contributed by atoms with Crippen LogP contribution >= 0.6 is 34.8 Å². The molecule has 96 valence electrons. The number of nitriles is 1. The van der Waals surface area contributed by atoms with Crippen molar-refractivity contribution < 1.29 is 4.39 Å². The van der Waals surface area contributed by atoms with Crippen molar-refractivity contribution in [2.75, 3.05) is 0 Å². The van der Waals surface area contributed by atoms with Gasteiger partial charge in [-0.05, 0) is 29.8 Å². The van der Waals surface area contributed by atoms with Crippen molar-refractivity contribution in [3.8, 4) is 17.3 Å². The molecule has 0 spiro atoms. The van der Waals surface area contributed by atoms with Crippen LogP contribution in [0.25, 0.3) is 11.3 Å². The van der Waals surface area contributed by atoms with Crippen LogP contribution in [0, 0.1) is 17.3 Å². The van der Waals surface area contributed by atoms with E-state index in [1.54, 1.807) is 12.1 Å². The molecule has 0 aliphatic carbocycles. The summed E-state index contributed by atoms with van der Waals surface area (Å²) in [6.45, 7) is 0. The first-order valence-corrected chi connectivity index (χ1v) is 6.33. The summed E-state index contributed by atoms with van der Waals surface area (Å²) in [7, 11) is 0. The van der Waals surface area contributed by atoms with Gasteiger partial charge in [0.25, 0.3) is 0 Å². The van der Waals surface area contributed by atoms with E-state index in [0.29, 0.717) is 21.8 Å². The van der Waals surface area contributed by atoms with Gasteiger partial charge >= 0.3 is 0 Å². The first-order valence-electron chi connectivity index (χ1n) is 5.19. The first-order chi connectivity index (χ1) is 9.01. The van der Waals surface area contributed by atoms with Gasteiger partial charge in [0.1, 0.15) is 0 Å². The Hall–Kier alpha value is -1.34. The molecule has 0 radical (unpaired) electrons. The Labute approximate surface area is 124 Å². The molecule has 2 aromatic rings. The van der Waals surface area contributed by atoms with Gasteiger partial charge in [0.15, 0.2) is 0 Å². The maximum absolute atomic E-state index is 13.4. The predicted octanol–water partition coefficient (Wildman–Crippen LogP) is 4.91. The molecule has 0 unspecified atom stereocenters. The molecule has 0 aliphatic rings. The van der Waals surface area contributed by atoms with Gasteiger partial charge in [-0.25, -0.2) is 4.98 Å². The molecule has 6 heteroatoms. The highest BCUT2D eigenvalue weighted by Crippen LogP contribution is 2.36. The Bertz CT molecular complexity index is 680. The normalized spacial score (nSPS) is 10.3. The minimum absolute atomic E-state index is 0.0817. The number of aromatic nitrogens is 1. The van der Waals surface area contributed by atoms with Crippen LogP contribution in [0.15, 0.2) is 24.3 Å². The van der Waals surface area contributed by atoms with Gasteiger partial charge in [0.05, 0.1) is 28.2 Å². The molecule has 2 rings (SSSR count). The first kappa shape index (κ1) is 14.1. The third-order valence-corrected chi connectivity index (χ3v) is 3.43. The van der Waals surface area contributed by atoms with Crippen LogP contribution in [-0.2, 0) is 6.42 Å². The lowest BCUT2D eigenvalue weighted by Crippen LogP contribution is -1.93. The lowest BCUT2D eigenvalue weighted by molar-refractivity contribution is 0.583. The standard InChI is InChI=1S/C13H6Cl3FN2/c14-8-5-9(13(16)10(15)6-8)11-3-7(1-2-18)4-12(17)19-11/h3-6H,1H2. The summed E-state index contributed by atoms with van der Waals surface area (Å²) in [5.74, 6) is -0.685. The molecule has 0 saturated heterocycles. The summed E-state index contributed by atoms with van der Waals surface area (Å²) in [6.07, 6.45) is 0.0817. The lowest BCUT2D eigenvalue weighted by atomic mass is 10.1. The zero-order valence-corrected chi connectivity index (χ0v) is 11.7. The number of pyridine rings is 1. The van der Waals surface area contributed by atoms with Crippen molar-refractivity contribution in [3.05, 3.63) is 50.8 Å².